The van der Waals surface area contributed by atoms with Crippen LogP contribution in [-0.4, -0.2) is 38.5 Å². The molecule has 0 spiro atoms. The summed E-state index contributed by atoms with van der Waals surface area (Å²) in [6, 6.07) is 14.2. The zero-order valence-corrected chi connectivity index (χ0v) is 15.9. The van der Waals surface area contributed by atoms with Crippen LogP contribution in [0.15, 0.2) is 53.5 Å². The molecule has 2 aromatic rings. The van der Waals surface area contributed by atoms with E-state index in [9.17, 15) is 9.18 Å². The van der Waals surface area contributed by atoms with Crippen molar-refractivity contribution in [3.8, 4) is 0 Å². The van der Waals surface area contributed by atoms with Crippen molar-refractivity contribution in [3.63, 3.8) is 0 Å². The van der Waals surface area contributed by atoms with Crippen LogP contribution in [0.25, 0.3) is 0 Å². The predicted molar refractivity (Wildman–Crippen MR) is 108 cm³/mol. The predicted octanol–water partition coefficient (Wildman–Crippen LogP) is 2.53. The standard InChI is InChI=1S/C21H27FN4O/c1-3-24-21(26-13-11-17-7-5-9-19(22)15-17)25-12-10-16-6-4-8-18(14-16)20(27)23-2/h4-9,14-15H,3,10-13H2,1-2H3,(H,23,27)(H2,24,25,26). The van der Waals surface area contributed by atoms with Crippen molar-refractivity contribution in [2.45, 2.75) is 19.8 Å². The van der Waals surface area contributed by atoms with Crippen molar-refractivity contribution in [2.24, 2.45) is 4.99 Å². The minimum absolute atomic E-state index is 0.0901. The van der Waals surface area contributed by atoms with E-state index in [4.69, 9.17) is 0 Å². The fourth-order valence-electron chi connectivity index (χ4n) is 2.67. The summed E-state index contributed by atoms with van der Waals surface area (Å²) in [7, 11) is 1.62. The molecular formula is C21H27FN4O. The van der Waals surface area contributed by atoms with Gasteiger partial charge in [0, 0.05) is 32.2 Å². The van der Waals surface area contributed by atoms with Crippen LogP contribution in [-0.2, 0) is 12.8 Å². The molecule has 2 aromatic carbocycles. The Hall–Kier alpha value is -2.89. The van der Waals surface area contributed by atoms with Crippen molar-refractivity contribution in [2.75, 3.05) is 26.7 Å². The molecule has 0 aliphatic carbocycles. The third kappa shape index (κ3) is 7.09. The van der Waals surface area contributed by atoms with E-state index in [1.54, 1.807) is 25.2 Å². The molecule has 144 valence electrons. The third-order valence-electron chi connectivity index (χ3n) is 4.03. The Morgan fingerprint density at radius 2 is 1.78 bits per heavy atom. The average Bonchev–Trinajstić information content (AvgIpc) is 2.67. The summed E-state index contributed by atoms with van der Waals surface area (Å²) in [5.41, 5.74) is 2.67. The summed E-state index contributed by atoms with van der Waals surface area (Å²) >= 11 is 0. The molecule has 0 aliphatic heterocycles. The first-order valence-corrected chi connectivity index (χ1v) is 9.20. The molecule has 2 rings (SSSR count). The molecule has 0 radical (unpaired) electrons. The molecule has 0 atom stereocenters. The number of hydrogen-bond acceptors (Lipinski definition) is 2. The zero-order chi connectivity index (χ0) is 19.5. The van der Waals surface area contributed by atoms with Gasteiger partial charge in [0.15, 0.2) is 5.96 Å². The van der Waals surface area contributed by atoms with E-state index < -0.39 is 0 Å². The van der Waals surface area contributed by atoms with Crippen LogP contribution < -0.4 is 16.0 Å². The monoisotopic (exact) mass is 370 g/mol. The Labute approximate surface area is 160 Å². The molecule has 6 heteroatoms. The number of carbonyl (C=O) groups excluding carboxylic acids is 1. The number of carbonyl (C=O) groups is 1. The molecule has 0 heterocycles. The summed E-state index contributed by atoms with van der Waals surface area (Å²) in [5, 5.41) is 9.10. The number of amides is 1. The van der Waals surface area contributed by atoms with Crippen LogP contribution in [0.5, 0.6) is 0 Å². The summed E-state index contributed by atoms with van der Waals surface area (Å²) < 4.78 is 13.2. The number of guanidine groups is 1. The van der Waals surface area contributed by atoms with Crippen molar-refractivity contribution in [1.82, 2.24) is 16.0 Å². The van der Waals surface area contributed by atoms with Crippen LogP contribution in [0.3, 0.4) is 0 Å². The van der Waals surface area contributed by atoms with E-state index in [0.29, 0.717) is 18.7 Å². The third-order valence-corrected chi connectivity index (χ3v) is 4.03. The lowest BCUT2D eigenvalue weighted by Crippen LogP contribution is -2.38. The van der Waals surface area contributed by atoms with Gasteiger partial charge in [0.2, 0.25) is 0 Å². The van der Waals surface area contributed by atoms with E-state index >= 15 is 0 Å². The van der Waals surface area contributed by atoms with Gasteiger partial charge in [-0.05, 0) is 55.2 Å². The second-order valence-corrected chi connectivity index (χ2v) is 6.10. The van der Waals surface area contributed by atoms with Gasteiger partial charge < -0.3 is 16.0 Å². The lowest BCUT2D eigenvalue weighted by atomic mass is 10.1. The van der Waals surface area contributed by atoms with Crippen molar-refractivity contribution >= 4 is 11.9 Å². The number of halogens is 1. The topological polar surface area (TPSA) is 65.5 Å². The normalized spacial score (nSPS) is 11.1. The highest BCUT2D eigenvalue weighted by atomic mass is 19.1. The molecular weight excluding hydrogens is 343 g/mol. The number of aliphatic imine (C=N–C) groups is 1. The molecule has 0 aromatic heterocycles. The van der Waals surface area contributed by atoms with Crippen LogP contribution in [0.4, 0.5) is 4.39 Å². The highest BCUT2D eigenvalue weighted by molar-refractivity contribution is 5.94. The Kier molecular flexibility index (Phi) is 8.29. The highest BCUT2D eigenvalue weighted by Gasteiger charge is 2.04. The fraction of sp³-hybridized carbons (Fsp3) is 0.333. The van der Waals surface area contributed by atoms with E-state index in [1.807, 2.05) is 31.2 Å². The van der Waals surface area contributed by atoms with Gasteiger partial charge in [0.25, 0.3) is 5.91 Å². The first kappa shape index (κ1) is 20.4. The first-order valence-electron chi connectivity index (χ1n) is 9.20. The van der Waals surface area contributed by atoms with Crippen molar-refractivity contribution < 1.29 is 9.18 Å². The van der Waals surface area contributed by atoms with Gasteiger partial charge in [0.1, 0.15) is 5.82 Å². The van der Waals surface area contributed by atoms with Crippen LogP contribution in [0.1, 0.15) is 28.4 Å². The molecule has 0 unspecified atom stereocenters. The van der Waals surface area contributed by atoms with Gasteiger partial charge >= 0.3 is 0 Å². The van der Waals surface area contributed by atoms with Crippen molar-refractivity contribution in [1.29, 1.82) is 0 Å². The Bertz CT molecular complexity index is 776. The van der Waals surface area contributed by atoms with Gasteiger partial charge in [0.05, 0.1) is 0 Å². The van der Waals surface area contributed by atoms with Gasteiger partial charge in [-0.3, -0.25) is 9.79 Å². The van der Waals surface area contributed by atoms with Crippen molar-refractivity contribution in [3.05, 3.63) is 71.0 Å². The quantitative estimate of drug-likeness (QED) is 0.494. The van der Waals surface area contributed by atoms with Gasteiger partial charge in [-0.25, -0.2) is 4.39 Å². The average molecular weight is 370 g/mol. The zero-order valence-electron chi connectivity index (χ0n) is 15.9. The molecule has 1 amide bonds. The molecule has 5 nitrogen and oxygen atoms in total. The highest BCUT2D eigenvalue weighted by Crippen LogP contribution is 2.06. The summed E-state index contributed by atoms with van der Waals surface area (Å²) in [6.07, 6.45) is 1.46. The van der Waals surface area contributed by atoms with Gasteiger partial charge in [-0.15, -0.1) is 0 Å². The van der Waals surface area contributed by atoms with Crippen LogP contribution in [0, 0.1) is 5.82 Å². The molecule has 0 fully saturated rings. The largest absolute Gasteiger partial charge is 0.357 e. The van der Waals surface area contributed by atoms with E-state index in [2.05, 4.69) is 20.9 Å². The lowest BCUT2D eigenvalue weighted by Gasteiger charge is -2.11. The molecule has 0 saturated carbocycles. The number of nitrogens with one attached hydrogen (secondary N) is 3. The number of rotatable bonds is 8. The fourth-order valence-corrected chi connectivity index (χ4v) is 2.67. The van der Waals surface area contributed by atoms with Crippen LogP contribution in [0.2, 0.25) is 0 Å². The molecule has 27 heavy (non-hydrogen) atoms. The summed E-state index contributed by atoms with van der Waals surface area (Å²) in [5.74, 6) is 0.427. The van der Waals surface area contributed by atoms with E-state index in [0.717, 1.165) is 36.5 Å². The minimum Gasteiger partial charge on any atom is -0.357 e. The number of benzene rings is 2. The second-order valence-electron chi connectivity index (χ2n) is 6.10. The number of hydrogen-bond donors (Lipinski definition) is 3. The maximum atomic E-state index is 13.2. The smallest absolute Gasteiger partial charge is 0.251 e. The van der Waals surface area contributed by atoms with E-state index in [1.165, 1.54) is 6.07 Å². The second kappa shape index (κ2) is 11.0. The number of nitrogens with zero attached hydrogens (tertiary/aromatic N) is 1. The van der Waals surface area contributed by atoms with Crippen LogP contribution >= 0.6 is 0 Å². The Balaban J connectivity index is 1.86. The first-order chi connectivity index (χ1) is 13.1. The molecule has 0 aliphatic rings. The van der Waals surface area contributed by atoms with Gasteiger partial charge in [-0.1, -0.05) is 24.3 Å². The summed E-state index contributed by atoms with van der Waals surface area (Å²) in [6.45, 7) is 4.04. The maximum Gasteiger partial charge on any atom is 0.251 e. The molecule has 3 N–H and O–H groups in total. The molecule has 0 bridgehead atoms. The Morgan fingerprint density at radius 1 is 1.04 bits per heavy atom. The minimum atomic E-state index is -0.216. The summed E-state index contributed by atoms with van der Waals surface area (Å²) in [4.78, 5) is 16.3. The van der Waals surface area contributed by atoms with E-state index in [-0.39, 0.29) is 11.7 Å². The Morgan fingerprint density at radius 3 is 2.48 bits per heavy atom. The molecule has 0 saturated heterocycles. The van der Waals surface area contributed by atoms with Gasteiger partial charge in [-0.2, -0.15) is 0 Å². The maximum absolute atomic E-state index is 13.2. The SMILES string of the molecule is CCNC(=NCCc1cccc(C(=O)NC)c1)NCCc1cccc(F)c1. The lowest BCUT2D eigenvalue weighted by molar-refractivity contribution is 0.0963.